The maximum Gasteiger partial charge on any atom is 0.319 e. The van der Waals surface area contributed by atoms with E-state index < -0.39 is 18.0 Å². The summed E-state index contributed by atoms with van der Waals surface area (Å²) in [6.45, 7) is 3.81. The Kier molecular flexibility index (Phi) is 8.31. The van der Waals surface area contributed by atoms with Crippen LogP contribution >= 0.6 is 46.1 Å². The van der Waals surface area contributed by atoms with Crippen molar-refractivity contribution in [3.8, 4) is 10.6 Å². The Bertz CT molecular complexity index is 1120. The molecule has 0 aliphatic carbocycles. The van der Waals surface area contributed by atoms with Crippen LogP contribution in [0.2, 0.25) is 15.1 Å². The SMILES string of the molecule is CC[C@@H](C)[C@H](NC(=O)Nc1ccc(Cl)cc1Cl)C(=O)Nc1nnc(-c2cccc(Cl)c2)s1. The van der Waals surface area contributed by atoms with E-state index in [1.165, 1.54) is 17.4 Å². The van der Waals surface area contributed by atoms with Crippen molar-refractivity contribution in [3.63, 3.8) is 0 Å². The van der Waals surface area contributed by atoms with E-state index in [1.807, 2.05) is 26.0 Å². The number of hydrogen-bond acceptors (Lipinski definition) is 5. The molecule has 0 saturated carbocycles. The van der Waals surface area contributed by atoms with Crippen molar-refractivity contribution < 1.29 is 9.59 Å². The van der Waals surface area contributed by atoms with Gasteiger partial charge in [-0.15, -0.1) is 10.2 Å². The molecule has 32 heavy (non-hydrogen) atoms. The van der Waals surface area contributed by atoms with Gasteiger partial charge in [-0.3, -0.25) is 10.1 Å². The van der Waals surface area contributed by atoms with Crippen molar-refractivity contribution in [2.75, 3.05) is 10.6 Å². The monoisotopic (exact) mass is 511 g/mol. The number of aromatic nitrogens is 2. The zero-order valence-electron chi connectivity index (χ0n) is 17.2. The summed E-state index contributed by atoms with van der Waals surface area (Å²) in [6, 6.07) is 10.5. The molecule has 0 unspecified atom stereocenters. The number of anilines is 2. The first kappa shape index (κ1) is 24.3. The summed E-state index contributed by atoms with van der Waals surface area (Å²) in [7, 11) is 0. The lowest BCUT2D eigenvalue weighted by Gasteiger charge is -2.23. The molecule has 0 aliphatic rings. The minimum Gasteiger partial charge on any atom is -0.326 e. The van der Waals surface area contributed by atoms with E-state index >= 15 is 0 Å². The van der Waals surface area contributed by atoms with Crippen molar-refractivity contribution in [2.45, 2.75) is 26.3 Å². The van der Waals surface area contributed by atoms with Gasteiger partial charge >= 0.3 is 6.03 Å². The standard InChI is InChI=1S/C21H20Cl3N5O2S/c1-3-11(2)17(26-20(31)25-16-8-7-14(23)10-15(16)24)18(30)27-21-29-28-19(32-21)12-5-4-6-13(22)9-12/h4-11,17H,3H2,1-2H3,(H2,25,26,31)(H,27,29,30)/t11-,17+/m1/s1. The lowest BCUT2D eigenvalue weighted by Crippen LogP contribution is -2.49. The summed E-state index contributed by atoms with van der Waals surface area (Å²) in [5.41, 5.74) is 1.18. The smallest absolute Gasteiger partial charge is 0.319 e. The van der Waals surface area contributed by atoms with E-state index in [4.69, 9.17) is 34.8 Å². The van der Waals surface area contributed by atoms with Crippen molar-refractivity contribution in [1.82, 2.24) is 15.5 Å². The van der Waals surface area contributed by atoms with Crippen LogP contribution in [0, 0.1) is 5.92 Å². The topological polar surface area (TPSA) is 96.0 Å². The number of amides is 3. The lowest BCUT2D eigenvalue weighted by molar-refractivity contribution is -0.119. The van der Waals surface area contributed by atoms with Gasteiger partial charge in [-0.05, 0) is 36.2 Å². The molecule has 0 radical (unpaired) electrons. The Hall–Kier alpha value is -2.39. The fourth-order valence-corrected chi connectivity index (χ4v) is 4.18. The van der Waals surface area contributed by atoms with Crippen LogP contribution in [0.4, 0.5) is 15.6 Å². The summed E-state index contributed by atoms with van der Waals surface area (Å²) >= 11 is 19.2. The zero-order chi connectivity index (χ0) is 23.3. The third-order valence-corrected chi connectivity index (χ3v) is 6.36. The molecule has 1 heterocycles. The molecule has 3 aromatic rings. The highest BCUT2D eigenvalue weighted by atomic mass is 35.5. The number of halogens is 3. The van der Waals surface area contributed by atoms with Crippen LogP contribution in [0.5, 0.6) is 0 Å². The quantitative estimate of drug-likeness (QED) is 0.344. The Labute approximate surface area is 204 Å². The highest BCUT2D eigenvalue weighted by molar-refractivity contribution is 7.18. The molecule has 3 amide bonds. The molecule has 2 aromatic carbocycles. The molecule has 3 rings (SSSR count). The maximum absolute atomic E-state index is 12.9. The fraction of sp³-hybridized carbons (Fsp3) is 0.238. The summed E-state index contributed by atoms with van der Waals surface area (Å²) in [5.74, 6) is -0.535. The first-order valence-corrected chi connectivity index (χ1v) is 11.6. The van der Waals surface area contributed by atoms with Gasteiger partial charge in [0.05, 0.1) is 10.7 Å². The molecule has 0 saturated heterocycles. The number of hydrogen-bond donors (Lipinski definition) is 3. The number of urea groups is 1. The summed E-state index contributed by atoms with van der Waals surface area (Å²) in [4.78, 5) is 25.5. The highest BCUT2D eigenvalue weighted by Crippen LogP contribution is 2.28. The van der Waals surface area contributed by atoms with E-state index in [0.29, 0.717) is 37.3 Å². The molecule has 1 aromatic heterocycles. The lowest BCUT2D eigenvalue weighted by atomic mass is 9.98. The molecule has 2 atom stereocenters. The molecule has 0 fully saturated rings. The minimum absolute atomic E-state index is 0.137. The summed E-state index contributed by atoms with van der Waals surface area (Å²) < 4.78 is 0. The maximum atomic E-state index is 12.9. The second kappa shape index (κ2) is 11.0. The van der Waals surface area contributed by atoms with E-state index in [9.17, 15) is 9.59 Å². The number of rotatable bonds is 7. The molecule has 0 aliphatic heterocycles. The average molecular weight is 513 g/mol. The second-order valence-electron chi connectivity index (χ2n) is 7.00. The van der Waals surface area contributed by atoms with Gasteiger partial charge in [-0.1, -0.05) is 78.5 Å². The fourth-order valence-electron chi connectivity index (χ4n) is 2.79. The van der Waals surface area contributed by atoms with Crippen molar-refractivity contribution >= 4 is 68.9 Å². The Balaban J connectivity index is 1.69. The minimum atomic E-state index is -0.801. The van der Waals surface area contributed by atoms with E-state index in [0.717, 1.165) is 5.56 Å². The van der Waals surface area contributed by atoms with Crippen molar-refractivity contribution in [3.05, 3.63) is 57.5 Å². The van der Waals surface area contributed by atoms with Crippen LogP contribution in [0.25, 0.3) is 10.6 Å². The predicted molar refractivity (Wildman–Crippen MR) is 131 cm³/mol. The van der Waals surface area contributed by atoms with Crippen LogP contribution in [0.15, 0.2) is 42.5 Å². The van der Waals surface area contributed by atoms with Crippen LogP contribution in [-0.4, -0.2) is 28.2 Å². The molecular weight excluding hydrogens is 493 g/mol. The molecule has 7 nitrogen and oxygen atoms in total. The van der Waals surface area contributed by atoms with Crippen LogP contribution < -0.4 is 16.0 Å². The van der Waals surface area contributed by atoms with Crippen LogP contribution in [0.1, 0.15) is 20.3 Å². The summed E-state index contributed by atoms with van der Waals surface area (Å²) in [6.07, 6.45) is 0.671. The number of carbonyl (C=O) groups excluding carboxylic acids is 2. The molecule has 0 spiro atoms. The van der Waals surface area contributed by atoms with Gasteiger partial charge in [-0.2, -0.15) is 0 Å². The molecule has 168 valence electrons. The van der Waals surface area contributed by atoms with Gasteiger partial charge in [0, 0.05) is 15.6 Å². The largest absolute Gasteiger partial charge is 0.326 e. The third kappa shape index (κ3) is 6.32. The molecule has 3 N–H and O–H groups in total. The molecule has 0 bridgehead atoms. The zero-order valence-corrected chi connectivity index (χ0v) is 20.2. The van der Waals surface area contributed by atoms with Gasteiger partial charge in [0.1, 0.15) is 11.0 Å². The van der Waals surface area contributed by atoms with Gasteiger partial charge in [0.2, 0.25) is 11.0 Å². The average Bonchev–Trinajstić information content (AvgIpc) is 3.22. The number of nitrogens with one attached hydrogen (secondary N) is 3. The van der Waals surface area contributed by atoms with E-state index in [1.54, 1.807) is 24.3 Å². The van der Waals surface area contributed by atoms with Crippen LogP contribution in [-0.2, 0) is 4.79 Å². The summed E-state index contributed by atoms with van der Waals surface area (Å²) in [5, 5.41) is 18.5. The Morgan fingerprint density at radius 2 is 1.78 bits per heavy atom. The van der Waals surface area contributed by atoms with Gasteiger partial charge in [0.25, 0.3) is 0 Å². The normalized spacial score (nSPS) is 12.7. The van der Waals surface area contributed by atoms with E-state index in [2.05, 4.69) is 26.1 Å². The number of benzene rings is 2. The highest BCUT2D eigenvalue weighted by Gasteiger charge is 2.27. The van der Waals surface area contributed by atoms with Crippen molar-refractivity contribution in [1.29, 1.82) is 0 Å². The van der Waals surface area contributed by atoms with Gasteiger partial charge in [-0.25, -0.2) is 4.79 Å². The van der Waals surface area contributed by atoms with Crippen LogP contribution in [0.3, 0.4) is 0 Å². The Morgan fingerprint density at radius 3 is 2.47 bits per heavy atom. The first-order valence-electron chi connectivity index (χ1n) is 9.69. The van der Waals surface area contributed by atoms with Gasteiger partial charge in [0.15, 0.2) is 0 Å². The predicted octanol–water partition coefficient (Wildman–Crippen LogP) is 6.34. The van der Waals surface area contributed by atoms with Gasteiger partial charge < -0.3 is 10.6 Å². The number of carbonyl (C=O) groups is 2. The molecule has 11 heteroatoms. The van der Waals surface area contributed by atoms with E-state index in [-0.39, 0.29) is 5.92 Å². The number of nitrogens with zero attached hydrogens (tertiary/aromatic N) is 2. The molecular formula is C21H20Cl3N5O2S. The second-order valence-corrected chi connectivity index (χ2v) is 9.26. The first-order chi connectivity index (χ1) is 15.3. The Morgan fingerprint density at radius 1 is 1.03 bits per heavy atom. The third-order valence-electron chi connectivity index (χ3n) is 4.69. The van der Waals surface area contributed by atoms with Crippen molar-refractivity contribution in [2.24, 2.45) is 5.92 Å².